The van der Waals surface area contributed by atoms with Gasteiger partial charge in [0.2, 0.25) is 0 Å². The van der Waals surface area contributed by atoms with Gasteiger partial charge in [0.05, 0.1) is 17.7 Å². The molecule has 1 aromatic carbocycles. The number of likely N-dealkylation sites (N-methyl/N-ethyl adjacent to an activating group) is 1. The first-order valence-electron chi connectivity index (χ1n) is 5.61. The molecule has 1 heterocycles. The molecular weight excluding hydrogens is 242 g/mol. The predicted octanol–water partition coefficient (Wildman–Crippen LogP) is 0.369. The third-order valence-corrected chi connectivity index (χ3v) is 3.13. The van der Waals surface area contributed by atoms with Crippen molar-refractivity contribution >= 4 is 5.91 Å². The third-order valence-electron chi connectivity index (χ3n) is 3.13. The number of carbonyl (C=O) groups excluding carboxylic acids is 1. The summed E-state index contributed by atoms with van der Waals surface area (Å²) in [7, 11) is 1.47. The van der Waals surface area contributed by atoms with Crippen molar-refractivity contribution in [2.45, 2.75) is 12.1 Å². The normalized spacial score (nSPS) is 23.1. The molecule has 0 aromatic heterocycles. The molecule has 2 rings (SSSR count). The SMILES string of the molecule is CN(C(=O)c1cc(F)ccc1F)[C@@H]1CNC[C@H]1O. The highest BCUT2D eigenvalue weighted by Crippen LogP contribution is 2.15. The minimum atomic E-state index is -0.770. The van der Waals surface area contributed by atoms with Crippen LogP contribution in [0.3, 0.4) is 0 Å². The second-order valence-electron chi connectivity index (χ2n) is 4.33. The molecule has 1 saturated heterocycles. The lowest BCUT2D eigenvalue weighted by molar-refractivity contribution is 0.0576. The van der Waals surface area contributed by atoms with E-state index >= 15 is 0 Å². The number of nitrogens with zero attached hydrogens (tertiary/aromatic N) is 1. The molecule has 18 heavy (non-hydrogen) atoms. The van der Waals surface area contributed by atoms with Crippen molar-refractivity contribution in [2.75, 3.05) is 20.1 Å². The Bertz CT molecular complexity index is 467. The van der Waals surface area contributed by atoms with Crippen LogP contribution in [-0.2, 0) is 0 Å². The van der Waals surface area contributed by atoms with E-state index in [-0.39, 0.29) is 5.56 Å². The van der Waals surface area contributed by atoms with Crippen molar-refractivity contribution in [3.05, 3.63) is 35.4 Å². The highest BCUT2D eigenvalue weighted by Gasteiger charge is 2.32. The van der Waals surface area contributed by atoms with Crippen molar-refractivity contribution in [2.24, 2.45) is 0 Å². The van der Waals surface area contributed by atoms with Gasteiger partial charge in [-0.3, -0.25) is 4.79 Å². The van der Waals surface area contributed by atoms with Gasteiger partial charge in [-0.15, -0.1) is 0 Å². The number of hydrogen-bond donors (Lipinski definition) is 2. The number of nitrogens with one attached hydrogen (secondary N) is 1. The molecule has 0 radical (unpaired) electrons. The lowest BCUT2D eigenvalue weighted by Crippen LogP contribution is -2.44. The average Bonchev–Trinajstić information content (AvgIpc) is 2.77. The summed E-state index contributed by atoms with van der Waals surface area (Å²) in [6, 6.07) is 2.31. The zero-order valence-corrected chi connectivity index (χ0v) is 9.86. The molecule has 1 aromatic rings. The summed E-state index contributed by atoms with van der Waals surface area (Å²) >= 11 is 0. The van der Waals surface area contributed by atoms with Gasteiger partial charge in [-0.05, 0) is 18.2 Å². The maximum Gasteiger partial charge on any atom is 0.257 e. The Morgan fingerprint density at radius 3 is 2.78 bits per heavy atom. The molecule has 0 spiro atoms. The fourth-order valence-corrected chi connectivity index (χ4v) is 2.05. The Balaban J connectivity index is 2.22. The molecule has 4 nitrogen and oxygen atoms in total. The summed E-state index contributed by atoms with van der Waals surface area (Å²) < 4.78 is 26.5. The van der Waals surface area contributed by atoms with Crippen LogP contribution in [-0.4, -0.2) is 48.2 Å². The van der Waals surface area contributed by atoms with Gasteiger partial charge in [-0.2, -0.15) is 0 Å². The van der Waals surface area contributed by atoms with Gasteiger partial charge >= 0.3 is 0 Å². The minimum absolute atomic E-state index is 0.323. The monoisotopic (exact) mass is 256 g/mol. The van der Waals surface area contributed by atoms with Crippen LogP contribution in [0.1, 0.15) is 10.4 Å². The fraction of sp³-hybridized carbons (Fsp3) is 0.417. The zero-order chi connectivity index (χ0) is 13.3. The number of rotatable bonds is 2. The van der Waals surface area contributed by atoms with E-state index < -0.39 is 29.7 Å². The average molecular weight is 256 g/mol. The van der Waals surface area contributed by atoms with Crippen LogP contribution in [0.2, 0.25) is 0 Å². The van der Waals surface area contributed by atoms with Crippen LogP contribution in [0.25, 0.3) is 0 Å². The van der Waals surface area contributed by atoms with Gasteiger partial charge in [0.1, 0.15) is 11.6 Å². The first-order chi connectivity index (χ1) is 8.50. The summed E-state index contributed by atoms with van der Waals surface area (Å²) in [6.45, 7) is 0.814. The number of aliphatic hydroxyl groups is 1. The van der Waals surface area contributed by atoms with E-state index in [9.17, 15) is 18.7 Å². The zero-order valence-electron chi connectivity index (χ0n) is 9.86. The quantitative estimate of drug-likeness (QED) is 0.804. The molecule has 0 aliphatic carbocycles. The van der Waals surface area contributed by atoms with Gasteiger partial charge < -0.3 is 15.3 Å². The number of aliphatic hydroxyl groups excluding tert-OH is 1. The topological polar surface area (TPSA) is 52.6 Å². The first-order valence-corrected chi connectivity index (χ1v) is 5.61. The van der Waals surface area contributed by atoms with Gasteiger partial charge in [0.15, 0.2) is 0 Å². The maximum atomic E-state index is 13.5. The Morgan fingerprint density at radius 2 is 2.17 bits per heavy atom. The number of hydrogen-bond acceptors (Lipinski definition) is 3. The van der Waals surface area contributed by atoms with E-state index in [1.54, 1.807) is 0 Å². The van der Waals surface area contributed by atoms with Crippen LogP contribution in [0.5, 0.6) is 0 Å². The Labute approximate surface area is 103 Å². The molecular formula is C12H14F2N2O2. The highest BCUT2D eigenvalue weighted by molar-refractivity contribution is 5.94. The number of amides is 1. The Hall–Kier alpha value is -1.53. The third kappa shape index (κ3) is 2.34. The molecule has 1 aliphatic heterocycles. The number of halogens is 2. The standard InChI is InChI=1S/C12H14F2N2O2/c1-16(10-5-15-6-11(10)17)12(18)8-4-7(13)2-3-9(8)14/h2-4,10-11,15,17H,5-6H2,1H3/t10-,11-/m1/s1. The van der Waals surface area contributed by atoms with Crippen molar-refractivity contribution in [3.8, 4) is 0 Å². The van der Waals surface area contributed by atoms with Crippen molar-refractivity contribution in [1.82, 2.24) is 10.2 Å². The molecule has 2 atom stereocenters. The molecule has 1 fully saturated rings. The van der Waals surface area contributed by atoms with Crippen LogP contribution >= 0.6 is 0 Å². The predicted molar refractivity (Wildman–Crippen MR) is 61.1 cm³/mol. The maximum absolute atomic E-state index is 13.5. The number of benzene rings is 1. The van der Waals surface area contributed by atoms with Crippen LogP contribution in [0.15, 0.2) is 18.2 Å². The summed E-state index contributed by atoms with van der Waals surface area (Å²) in [6.07, 6.45) is -0.699. The van der Waals surface area contributed by atoms with Gasteiger partial charge in [-0.1, -0.05) is 0 Å². The smallest absolute Gasteiger partial charge is 0.257 e. The summed E-state index contributed by atoms with van der Waals surface area (Å²) in [5.41, 5.74) is -0.323. The van der Waals surface area contributed by atoms with Gasteiger partial charge in [-0.25, -0.2) is 8.78 Å². The molecule has 2 N–H and O–H groups in total. The molecule has 0 saturated carbocycles. The van der Waals surface area contributed by atoms with Crippen molar-refractivity contribution in [1.29, 1.82) is 0 Å². The minimum Gasteiger partial charge on any atom is -0.390 e. The van der Waals surface area contributed by atoms with Gasteiger partial charge in [0, 0.05) is 20.1 Å². The summed E-state index contributed by atoms with van der Waals surface area (Å²) in [5.74, 6) is -2.08. The molecule has 0 unspecified atom stereocenters. The summed E-state index contributed by atoms with van der Waals surface area (Å²) in [5, 5.41) is 12.6. The van der Waals surface area contributed by atoms with E-state index in [1.165, 1.54) is 11.9 Å². The molecule has 98 valence electrons. The molecule has 6 heteroatoms. The molecule has 0 bridgehead atoms. The Morgan fingerprint density at radius 1 is 1.44 bits per heavy atom. The van der Waals surface area contributed by atoms with E-state index in [0.29, 0.717) is 13.1 Å². The van der Waals surface area contributed by atoms with E-state index in [4.69, 9.17) is 0 Å². The first kappa shape index (κ1) is 12.9. The highest BCUT2D eigenvalue weighted by atomic mass is 19.1. The van der Waals surface area contributed by atoms with E-state index in [0.717, 1.165) is 18.2 Å². The number of carbonyl (C=O) groups is 1. The molecule has 1 amide bonds. The van der Waals surface area contributed by atoms with E-state index in [2.05, 4.69) is 5.32 Å². The van der Waals surface area contributed by atoms with E-state index in [1.807, 2.05) is 0 Å². The Kier molecular flexibility index (Phi) is 3.58. The largest absolute Gasteiger partial charge is 0.390 e. The second kappa shape index (κ2) is 4.99. The van der Waals surface area contributed by atoms with Crippen LogP contribution in [0, 0.1) is 11.6 Å². The fourth-order valence-electron chi connectivity index (χ4n) is 2.05. The van der Waals surface area contributed by atoms with Crippen LogP contribution in [0.4, 0.5) is 8.78 Å². The van der Waals surface area contributed by atoms with Crippen LogP contribution < -0.4 is 5.32 Å². The lowest BCUT2D eigenvalue weighted by Gasteiger charge is -2.26. The van der Waals surface area contributed by atoms with Crippen molar-refractivity contribution < 1.29 is 18.7 Å². The van der Waals surface area contributed by atoms with Crippen molar-refractivity contribution in [3.63, 3.8) is 0 Å². The second-order valence-corrected chi connectivity index (χ2v) is 4.33. The van der Waals surface area contributed by atoms with Gasteiger partial charge in [0.25, 0.3) is 5.91 Å². The summed E-state index contributed by atoms with van der Waals surface area (Å²) in [4.78, 5) is 13.3. The molecule has 1 aliphatic rings. The number of β-amino-alcohol motifs (C(OH)–C–C–N with tert-alkyl or cyclic N) is 1. The lowest BCUT2D eigenvalue weighted by atomic mass is 10.1.